The summed E-state index contributed by atoms with van der Waals surface area (Å²) in [5, 5.41) is 3.82. The number of carbonyl (C=O) groups is 1. The van der Waals surface area contributed by atoms with E-state index in [-0.39, 0.29) is 18.5 Å². The Balaban J connectivity index is 1.59. The van der Waals surface area contributed by atoms with Crippen LogP contribution in [0.15, 0.2) is 109 Å². The fourth-order valence-corrected chi connectivity index (χ4v) is 5.02. The minimum Gasteiger partial charge on any atom is -0.460 e. The molecule has 4 aromatic rings. The molecule has 1 N–H and O–H groups in total. The van der Waals surface area contributed by atoms with Crippen molar-refractivity contribution < 1.29 is 9.53 Å². The van der Waals surface area contributed by atoms with Crippen molar-refractivity contribution in [2.45, 2.75) is 32.0 Å². The Morgan fingerprint density at radius 3 is 1.79 bits per heavy atom. The van der Waals surface area contributed by atoms with E-state index in [1.54, 1.807) is 0 Å². The molecule has 4 aromatic carbocycles. The van der Waals surface area contributed by atoms with Crippen LogP contribution >= 0.6 is 0 Å². The summed E-state index contributed by atoms with van der Waals surface area (Å²) in [7, 11) is 0. The van der Waals surface area contributed by atoms with Crippen molar-refractivity contribution in [1.82, 2.24) is 5.32 Å². The van der Waals surface area contributed by atoms with E-state index >= 15 is 0 Å². The summed E-state index contributed by atoms with van der Waals surface area (Å²) in [5.41, 5.74) is 6.12. The Morgan fingerprint density at radius 2 is 1.24 bits per heavy atom. The van der Waals surface area contributed by atoms with Gasteiger partial charge in [0.05, 0.1) is 5.54 Å². The first-order valence-electron chi connectivity index (χ1n) is 11.8. The van der Waals surface area contributed by atoms with Crippen molar-refractivity contribution in [3.05, 3.63) is 131 Å². The Labute approximate surface area is 201 Å². The van der Waals surface area contributed by atoms with Gasteiger partial charge in [0.1, 0.15) is 12.6 Å². The summed E-state index contributed by atoms with van der Waals surface area (Å²) in [6.45, 7) is 4.38. The monoisotopic (exact) mass is 447 g/mol. The molecule has 0 heterocycles. The maximum Gasteiger partial charge on any atom is 0.323 e. The zero-order valence-electron chi connectivity index (χ0n) is 19.6. The molecule has 1 aliphatic rings. The molecule has 0 saturated heterocycles. The molecule has 5 rings (SSSR count). The van der Waals surface area contributed by atoms with Crippen molar-refractivity contribution in [2.24, 2.45) is 5.92 Å². The van der Waals surface area contributed by atoms with Gasteiger partial charge in [-0.3, -0.25) is 10.1 Å². The molecular formula is C31H29NO2. The molecule has 0 aromatic heterocycles. The highest BCUT2D eigenvalue weighted by Crippen LogP contribution is 2.51. The van der Waals surface area contributed by atoms with Crippen LogP contribution < -0.4 is 5.32 Å². The number of esters is 1. The second-order valence-corrected chi connectivity index (χ2v) is 9.17. The topological polar surface area (TPSA) is 38.3 Å². The molecule has 170 valence electrons. The van der Waals surface area contributed by atoms with E-state index in [4.69, 9.17) is 4.74 Å². The number of ether oxygens (including phenoxy) is 1. The third-order valence-corrected chi connectivity index (χ3v) is 6.68. The molecule has 3 nitrogen and oxygen atoms in total. The molecular weight excluding hydrogens is 418 g/mol. The summed E-state index contributed by atoms with van der Waals surface area (Å²) in [4.78, 5) is 13.5. The highest BCUT2D eigenvalue weighted by atomic mass is 16.5. The third-order valence-electron chi connectivity index (χ3n) is 6.68. The molecule has 1 unspecified atom stereocenters. The summed E-state index contributed by atoms with van der Waals surface area (Å²) >= 11 is 0. The molecule has 0 spiro atoms. The maximum atomic E-state index is 13.5. The average Bonchev–Trinajstić information content (AvgIpc) is 3.17. The number of nitrogens with one attached hydrogen (secondary N) is 1. The van der Waals surface area contributed by atoms with Crippen LogP contribution in [-0.2, 0) is 21.7 Å². The minimum atomic E-state index is -0.658. The van der Waals surface area contributed by atoms with Crippen molar-refractivity contribution in [2.75, 3.05) is 0 Å². The van der Waals surface area contributed by atoms with Gasteiger partial charge in [-0.15, -0.1) is 0 Å². The van der Waals surface area contributed by atoms with Crippen LogP contribution in [0.1, 0.15) is 36.1 Å². The summed E-state index contributed by atoms with van der Waals surface area (Å²) < 4.78 is 5.82. The zero-order valence-corrected chi connectivity index (χ0v) is 19.6. The van der Waals surface area contributed by atoms with Crippen LogP contribution in [0, 0.1) is 5.92 Å². The van der Waals surface area contributed by atoms with Gasteiger partial charge in [-0.1, -0.05) is 123 Å². The Kier molecular flexibility index (Phi) is 6.04. The molecule has 3 heteroatoms. The van der Waals surface area contributed by atoms with E-state index in [1.165, 1.54) is 11.1 Å². The lowest BCUT2D eigenvalue weighted by atomic mass is 9.79. The molecule has 0 bridgehead atoms. The molecule has 1 atom stereocenters. The zero-order chi connectivity index (χ0) is 23.5. The van der Waals surface area contributed by atoms with Crippen LogP contribution in [0.2, 0.25) is 0 Å². The lowest BCUT2D eigenvalue weighted by Gasteiger charge is -2.38. The smallest absolute Gasteiger partial charge is 0.323 e. The van der Waals surface area contributed by atoms with Gasteiger partial charge in [-0.2, -0.15) is 0 Å². The van der Waals surface area contributed by atoms with Crippen molar-refractivity contribution in [3.8, 4) is 11.1 Å². The van der Waals surface area contributed by atoms with E-state index in [1.807, 2.05) is 36.4 Å². The first-order chi connectivity index (χ1) is 16.6. The van der Waals surface area contributed by atoms with Crippen molar-refractivity contribution in [1.29, 1.82) is 0 Å². The lowest BCUT2D eigenvalue weighted by Crippen LogP contribution is -2.54. The van der Waals surface area contributed by atoms with E-state index in [0.29, 0.717) is 0 Å². The summed E-state index contributed by atoms with van der Waals surface area (Å²) in [6, 6.07) is 36.7. The third kappa shape index (κ3) is 3.82. The lowest BCUT2D eigenvalue weighted by molar-refractivity contribution is -0.149. The number of hydrogen-bond donors (Lipinski definition) is 1. The molecule has 0 radical (unpaired) electrons. The highest BCUT2D eigenvalue weighted by Gasteiger charge is 2.47. The van der Waals surface area contributed by atoms with Gasteiger partial charge in [0.2, 0.25) is 0 Å². The van der Waals surface area contributed by atoms with Gasteiger partial charge in [-0.25, -0.2) is 0 Å². The standard InChI is InChI=1S/C31H29NO2/c1-22(2)29(30(33)34-21-23-13-5-3-6-14-23)32-31(24-15-7-4-8-16-24)27-19-11-9-17-25(27)26-18-10-12-20-28(26)31/h3-20,22,29,32H,21H2,1-2H3. The number of rotatable bonds is 7. The SMILES string of the molecule is CC(C)C(NC1(c2ccccc2)c2ccccc2-c2ccccc21)C(=O)OCc1ccccc1. The quantitative estimate of drug-likeness (QED) is 0.337. The number of benzene rings is 4. The molecule has 0 fully saturated rings. The average molecular weight is 448 g/mol. The van der Waals surface area contributed by atoms with Crippen LogP contribution in [0.3, 0.4) is 0 Å². The van der Waals surface area contributed by atoms with Gasteiger partial charge >= 0.3 is 5.97 Å². The van der Waals surface area contributed by atoms with Crippen molar-refractivity contribution >= 4 is 5.97 Å². The van der Waals surface area contributed by atoms with Gasteiger partial charge in [0.25, 0.3) is 0 Å². The van der Waals surface area contributed by atoms with Gasteiger partial charge in [0.15, 0.2) is 0 Å². The molecule has 0 amide bonds. The van der Waals surface area contributed by atoms with Gasteiger partial charge < -0.3 is 4.74 Å². The van der Waals surface area contributed by atoms with Gasteiger partial charge in [0, 0.05) is 0 Å². The molecule has 34 heavy (non-hydrogen) atoms. The predicted molar refractivity (Wildman–Crippen MR) is 136 cm³/mol. The fraction of sp³-hybridized carbons (Fsp3) is 0.194. The summed E-state index contributed by atoms with van der Waals surface area (Å²) in [5.74, 6) is -0.209. The van der Waals surface area contributed by atoms with Crippen LogP contribution in [0.25, 0.3) is 11.1 Å². The predicted octanol–water partition coefficient (Wildman–Crippen LogP) is 6.32. The first kappa shape index (κ1) is 22.1. The van der Waals surface area contributed by atoms with E-state index in [0.717, 1.165) is 22.3 Å². The van der Waals surface area contributed by atoms with E-state index in [9.17, 15) is 4.79 Å². The Hall–Kier alpha value is -3.69. The van der Waals surface area contributed by atoms with Crippen LogP contribution in [0.5, 0.6) is 0 Å². The van der Waals surface area contributed by atoms with Crippen LogP contribution in [0.4, 0.5) is 0 Å². The van der Waals surface area contributed by atoms with E-state index < -0.39 is 11.6 Å². The fourth-order valence-electron chi connectivity index (χ4n) is 5.02. The number of fused-ring (bicyclic) bond motifs is 3. The first-order valence-corrected chi connectivity index (χ1v) is 11.8. The summed E-state index contributed by atoms with van der Waals surface area (Å²) in [6.07, 6.45) is 0. The Bertz CT molecular complexity index is 1240. The number of carbonyl (C=O) groups excluding carboxylic acids is 1. The Morgan fingerprint density at radius 1 is 0.735 bits per heavy atom. The molecule has 1 aliphatic carbocycles. The number of hydrogen-bond acceptors (Lipinski definition) is 3. The molecule has 0 saturated carbocycles. The molecule has 0 aliphatic heterocycles. The normalized spacial score (nSPS) is 14.3. The van der Waals surface area contributed by atoms with Crippen LogP contribution in [-0.4, -0.2) is 12.0 Å². The largest absolute Gasteiger partial charge is 0.460 e. The second-order valence-electron chi connectivity index (χ2n) is 9.17. The van der Waals surface area contributed by atoms with Gasteiger partial charge in [-0.05, 0) is 39.3 Å². The highest BCUT2D eigenvalue weighted by molar-refractivity contribution is 5.84. The maximum absolute atomic E-state index is 13.5. The minimum absolute atomic E-state index is 0.0313. The second kappa shape index (κ2) is 9.28. The van der Waals surface area contributed by atoms with E-state index in [2.05, 4.69) is 92.0 Å². The van der Waals surface area contributed by atoms with Crippen molar-refractivity contribution in [3.63, 3.8) is 0 Å².